The predicted octanol–water partition coefficient (Wildman–Crippen LogP) is 2.86. The van der Waals surface area contributed by atoms with Gasteiger partial charge in [0.25, 0.3) is 0 Å². The number of aromatic nitrogens is 2. The number of aromatic amines is 1. The van der Waals surface area contributed by atoms with Crippen molar-refractivity contribution in [2.75, 3.05) is 13.1 Å². The molecule has 1 atom stereocenters. The maximum atomic E-state index is 12.4. The Bertz CT molecular complexity index is 772. The SMILES string of the molecule is NC(=O)C1(Sc2ccc(OCc3cn[nH]c3)cc2)CCC2(CCNCC2)C1. The standard InChI is InChI=1S/C20H26N4O2S/c21-18(25)20(6-5-19(14-20)7-9-22-10-8-19)27-17-3-1-16(2-4-17)26-13-15-11-23-24-12-15/h1-4,11-12,22H,5-10,13-14H2,(H2,21,25)(H,23,24). The van der Waals surface area contributed by atoms with Gasteiger partial charge in [0.15, 0.2) is 0 Å². The molecule has 0 bridgehead atoms. The van der Waals surface area contributed by atoms with Crippen molar-refractivity contribution in [2.24, 2.45) is 11.1 Å². The number of nitrogens with two attached hydrogens (primary N) is 1. The number of thioether (sulfide) groups is 1. The first-order chi connectivity index (χ1) is 13.1. The van der Waals surface area contributed by atoms with Gasteiger partial charge in [0, 0.05) is 16.7 Å². The molecular formula is C20H26N4O2S. The second-order valence-corrected chi connectivity index (χ2v) is 9.21. The van der Waals surface area contributed by atoms with Crippen molar-refractivity contribution in [3.8, 4) is 5.75 Å². The van der Waals surface area contributed by atoms with Crippen LogP contribution in [0.5, 0.6) is 5.75 Å². The third-order valence-electron chi connectivity index (χ3n) is 5.93. The number of hydrogen-bond acceptors (Lipinski definition) is 5. The number of amides is 1. The average Bonchev–Trinajstić information content (AvgIpc) is 3.31. The first-order valence-corrected chi connectivity index (χ1v) is 10.3. The number of hydrogen-bond donors (Lipinski definition) is 3. The lowest BCUT2D eigenvalue weighted by Gasteiger charge is -2.35. The minimum absolute atomic E-state index is 0.178. The number of primary amides is 1. The van der Waals surface area contributed by atoms with Crippen molar-refractivity contribution in [3.05, 3.63) is 42.2 Å². The number of rotatable bonds is 6. The van der Waals surface area contributed by atoms with E-state index in [0.717, 1.165) is 61.4 Å². The summed E-state index contributed by atoms with van der Waals surface area (Å²) in [6.07, 6.45) is 8.70. The van der Waals surface area contributed by atoms with Crippen LogP contribution in [0, 0.1) is 5.41 Å². The van der Waals surface area contributed by atoms with E-state index >= 15 is 0 Å². The first kappa shape index (κ1) is 18.4. The molecule has 2 fully saturated rings. The Kier molecular flexibility index (Phi) is 5.14. The van der Waals surface area contributed by atoms with Gasteiger partial charge in [-0.25, -0.2) is 0 Å². The number of carbonyl (C=O) groups is 1. The first-order valence-electron chi connectivity index (χ1n) is 9.50. The number of H-pyrrole nitrogens is 1. The molecule has 6 nitrogen and oxygen atoms in total. The van der Waals surface area contributed by atoms with E-state index in [0.29, 0.717) is 6.61 Å². The van der Waals surface area contributed by atoms with E-state index in [9.17, 15) is 4.79 Å². The number of benzene rings is 1. The molecule has 7 heteroatoms. The molecule has 4 N–H and O–H groups in total. The predicted molar refractivity (Wildman–Crippen MR) is 106 cm³/mol. The molecule has 1 aliphatic carbocycles. The minimum atomic E-state index is -0.490. The summed E-state index contributed by atoms with van der Waals surface area (Å²) in [4.78, 5) is 13.5. The molecule has 144 valence electrons. The topological polar surface area (TPSA) is 93.0 Å². The zero-order valence-corrected chi connectivity index (χ0v) is 16.2. The van der Waals surface area contributed by atoms with Crippen LogP contribution in [0.2, 0.25) is 0 Å². The van der Waals surface area contributed by atoms with Gasteiger partial charge >= 0.3 is 0 Å². The smallest absolute Gasteiger partial charge is 0.234 e. The lowest BCUT2D eigenvalue weighted by atomic mass is 9.77. The molecule has 2 aliphatic rings. The van der Waals surface area contributed by atoms with Crippen molar-refractivity contribution >= 4 is 17.7 Å². The molecular weight excluding hydrogens is 360 g/mol. The van der Waals surface area contributed by atoms with Crippen LogP contribution < -0.4 is 15.8 Å². The molecule has 1 saturated carbocycles. The van der Waals surface area contributed by atoms with Crippen LogP contribution in [-0.2, 0) is 11.4 Å². The zero-order valence-electron chi connectivity index (χ0n) is 15.4. The van der Waals surface area contributed by atoms with Crippen LogP contribution in [0.15, 0.2) is 41.6 Å². The Morgan fingerprint density at radius 2 is 1.96 bits per heavy atom. The normalized spacial score (nSPS) is 24.1. The largest absolute Gasteiger partial charge is 0.489 e. The summed E-state index contributed by atoms with van der Waals surface area (Å²) >= 11 is 1.63. The molecule has 2 heterocycles. The van der Waals surface area contributed by atoms with Gasteiger partial charge < -0.3 is 15.8 Å². The molecule has 4 rings (SSSR count). The van der Waals surface area contributed by atoms with E-state index in [1.807, 2.05) is 30.5 Å². The Hall–Kier alpha value is -1.99. The van der Waals surface area contributed by atoms with E-state index in [2.05, 4.69) is 15.5 Å². The summed E-state index contributed by atoms with van der Waals surface area (Å²) in [5, 5.41) is 10.1. The van der Waals surface area contributed by atoms with E-state index in [-0.39, 0.29) is 11.3 Å². The van der Waals surface area contributed by atoms with Gasteiger partial charge in [0.1, 0.15) is 12.4 Å². The maximum absolute atomic E-state index is 12.4. The Balaban J connectivity index is 1.42. The lowest BCUT2D eigenvalue weighted by molar-refractivity contribution is -0.120. The molecule has 1 saturated heterocycles. The molecule has 27 heavy (non-hydrogen) atoms. The number of carbonyl (C=O) groups excluding carboxylic acids is 1. The molecule has 1 amide bonds. The fraction of sp³-hybridized carbons (Fsp3) is 0.500. The van der Waals surface area contributed by atoms with Crippen molar-refractivity contribution < 1.29 is 9.53 Å². The Labute approximate surface area is 163 Å². The van der Waals surface area contributed by atoms with Crippen LogP contribution in [0.25, 0.3) is 0 Å². The number of ether oxygens (including phenoxy) is 1. The van der Waals surface area contributed by atoms with Crippen LogP contribution >= 0.6 is 11.8 Å². The van der Waals surface area contributed by atoms with Crippen LogP contribution in [0.3, 0.4) is 0 Å². The molecule has 1 aliphatic heterocycles. The Morgan fingerprint density at radius 3 is 2.63 bits per heavy atom. The third-order valence-corrected chi connectivity index (χ3v) is 7.38. The van der Waals surface area contributed by atoms with E-state index in [1.54, 1.807) is 18.0 Å². The molecule has 0 radical (unpaired) electrons. The lowest BCUT2D eigenvalue weighted by Crippen LogP contribution is -2.42. The van der Waals surface area contributed by atoms with Crippen LogP contribution in [0.1, 0.15) is 37.7 Å². The molecule has 1 spiro atoms. The second-order valence-electron chi connectivity index (χ2n) is 7.75. The minimum Gasteiger partial charge on any atom is -0.489 e. The van der Waals surface area contributed by atoms with E-state index < -0.39 is 4.75 Å². The molecule has 2 aromatic rings. The quantitative estimate of drug-likeness (QED) is 0.710. The number of nitrogens with one attached hydrogen (secondary N) is 2. The van der Waals surface area contributed by atoms with Gasteiger partial charge in [0.05, 0.1) is 10.9 Å². The van der Waals surface area contributed by atoms with Gasteiger partial charge in [-0.15, -0.1) is 11.8 Å². The molecule has 1 aromatic carbocycles. The summed E-state index contributed by atoms with van der Waals surface area (Å²) in [7, 11) is 0. The fourth-order valence-electron chi connectivity index (χ4n) is 4.33. The number of piperidine rings is 1. The molecule has 1 unspecified atom stereocenters. The van der Waals surface area contributed by atoms with Crippen LogP contribution in [0.4, 0.5) is 0 Å². The number of nitrogens with zero attached hydrogens (tertiary/aromatic N) is 1. The highest BCUT2D eigenvalue weighted by Gasteiger charge is 2.52. The third kappa shape index (κ3) is 3.99. The summed E-state index contributed by atoms with van der Waals surface area (Å²) in [6, 6.07) is 7.94. The highest BCUT2D eigenvalue weighted by Crippen LogP contribution is 2.56. The van der Waals surface area contributed by atoms with Gasteiger partial charge in [0.2, 0.25) is 5.91 Å². The van der Waals surface area contributed by atoms with E-state index in [1.165, 1.54) is 0 Å². The Morgan fingerprint density at radius 1 is 1.19 bits per heavy atom. The van der Waals surface area contributed by atoms with Gasteiger partial charge in [-0.05, 0) is 74.9 Å². The van der Waals surface area contributed by atoms with Crippen molar-refractivity contribution in [1.29, 1.82) is 0 Å². The monoisotopic (exact) mass is 386 g/mol. The average molecular weight is 387 g/mol. The second kappa shape index (κ2) is 7.56. The summed E-state index contributed by atoms with van der Waals surface area (Å²) in [5.41, 5.74) is 7.17. The van der Waals surface area contributed by atoms with Gasteiger partial charge in [-0.1, -0.05) is 0 Å². The van der Waals surface area contributed by atoms with Gasteiger partial charge in [-0.3, -0.25) is 9.89 Å². The van der Waals surface area contributed by atoms with Crippen molar-refractivity contribution in [3.63, 3.8) is 0 Å². The maximum Gasteiger partial charge on any atom is 0.234 e. The molecule has 1 aromatic heterocycles. The van der Waals surface area contributed by atoms with E-state index in [4.69, 9.17) is 10.5 Å². The fourth-order valence-corrected chi connectivity index (χ4v) is 5.74. The van der Waals surface area contributed by atoms with Crippen molar-refractivity contribution in [1.82, 2.24) is 15.5 Å². The highest BCUT2D eigenvalue weighted by molar-refractivity contribution is 8.01. The zero-order chi connectivity index (χ0) is 18.7. The van der Waals surface area contributed by atoms with Crippen molar-refractivity contribution in [2.45, 2.75) is 48.4 Å². The van der Waals surface area contributed by atoms with Crippen LogP contribution in [-0.4, -0.2) is 33.9 Å². The highest BCUT2D eigenvalue weighted by atomic mass is 32.2. The summed E-state index contributed by atoms with van der Waals surface area (Å²) in [5.74, 6) is 0.623. The van der Waals surface area contributed by atoms with Gasteiger partial charge in [-0.2, -0.15) is 5.10 Å². The summed E-state index contributed by atoms with van der Waals surface area (Å²) in [6.45, 7) is 2.56. The summed E-state index contributed by atoms with van der Waals surface area (Å²) < 4.78 is 5.28.